The van der Waals surface area contributed by atoms with Crippen molar-refractivity contribution in [2.24, 2.45) is 0 Å². The lowest BCUT2D eigenvalue weighted by Crippen LogP contribution is -2.23. The second-order valence-electron chi connectivity index (χ2n) is 5.64. The van der Waals surface area contributed by atoms with Crippen LogP contribution in [0, 0.1) is 6.92 Å². The fourth-order valence-electron chi connectivity index (χ4n) is 2.47. The molecule has 0 saturated carbocycles. The maximum Gasteiger partial charge on any atom is 0.291 e. The predicted molar refractivity (Wildman–Crippen MR) is 101 cm³/mol. The Kier molecular flexibility index (Phi) is 4.14. The molecule has 0 bridgehead atoms. The van der Waals surface area contributed by atoms with Crippen molar-refractivity contribution in [3.05, 3.63) is 74.2 Å². The van der Waals surface area contributed by atoms with E-state index in [4.69, 9.17) is 9.15 Å². The van der Waals surface area contributed by atoms with Crippen molar-refractivity contribution in [3.63, 3.8) is 0 Å². The number of hydrogen-bond acceptors (Lipinski definition) is 6. The van der Waals surface area contributed by atoms with Crippen LogP contribution in [-0.4, -0.2) is 21.7 Å². The zero-order valence-corrected chi connectivity index (χ0v) is 15.0. The fraction of sp³-hybridized carbons (Fsp3) is 0.105. The first kappa shape index (κ1) is 16.3. The van der Waals surface area contributed by atoms with Gasteiger partial charge >= 0.3 is 0 Å². The number of furan rings is 1. The molecule has 0 N–H and O–H groups in total. The van der Waals surface area contributed by atoms with Crippen molar-refractivity contribution < 1.29 is 9.15 Å². The molecular formula is C19H15N3O3S. The van der Waals surface area contributed by atoms with Gasteiger partial charge in [0.1, 0.15) is 21.8 Å². The van der Waals surface area contributed by atoms with E-state index in [0.29, 0.717) is 21.1 Å². The van der Waals surface area contributed by atoms with Gasteiger partial charge < -0.3 is 9.15 Å². The van der Waals surface area contributed by atoms with Gasteiger partial charge in [0.05, 0.1) is 7.11 Å². The number of methoxy groups -OCH3 is 1. The van der Waals surface area contributed by atoms with Crippen LogP contribution in [0.5, 0.6) is 5.75 Å². The second-order valence-corrected chi connectivity index (χ2v) is 6.64. The van der Waals surface area contributed by atoms with Gasteiger partial charge in [0, 0.05) is 6.08 Å². The Morgan fingerprint density at radius 3 is 2.62 bits per heavy atom. The van der Waals surface area contributed by atoms with E-state index in [0.717, 1.165) is 17.1 Å². The number of hydrogen-bond donors (Lipinski definition) is 0. The summed E-state index contributed by atoms with van der Waals surface area (Å²) in [5, 5.41) is 4.27. The highest BCUT2D eigenvalue weighted by atomic mass is 32.1. The number of fused-ring (bicyclic) bond motifs is 1. The maximum absolute atomic E-state index is 12.5. The summed E-state index contributed by atoms with van der Waals surface area (Å²) in [5.41, 5.74) is 0.796. The van der Waals surface area contributed by atoms with E-state index in [1.165, 1.54) is 15.9 Å². The van der Waals surface area contributed by atoms with Crippen molar-refractivity contribution in [3.8, 4) is 5.75 Å². The average molecular weight is 365 g/mol. The van der Waals surface area contributed by atoms with Gasteiger partial charge in [-0.15, -0.1) is 5.10 Å². The van der Waals surface area contributed by atoms with Crippen molar-refractivity contribution >= 4 is 34.5 Å². The first-order chi connectivity index (χ1) is 12.6. The highest BCUT2D eigenvalue weighted by Crippen LogP contribution is 2.13. The van der Waals surface area contributed by atoms with Crippen LogP contribution in [0.4, 0.5) is 0 Å². The molecule has 26 heavy (non-hydrogen) atoms. The number of nitrogens with zero attached hydrogens (tertiary/aromatic N) is 3. The summed E-state index contributed by atoms with van der Waals surface area (Å²) in [6.07, 6.45) is 5.38. The van der Waals surface area contributed by atoms with Gasteiger partial charge in [0.25, 0.3) is 5.56 Å². The summed E-state index contributed by atoms with van der Waals surface area (Å²) in [4.78, 5) is 17.4. The molecule has 7 heteroatoms. The molecule has 4 rings (SSSR count). The lowest BCUT2D eigenvalue weighted by Gasteiger charge is -1.98. The zero-order valence-electron chi connectivity index (χ0n) is 14.2. The summed E-state index contributed by atoms with van der Waals surface area (Å²) in [6.45, 7) is 1.86. The predicted octanol–water partition coefficient (Wildman–Crippen LogP) is 2.78. The van der Waals surface area contributed by atoms with Crippen LogP contribution in [-0.2, 0) is 0 Å². The molecule has 0 atom stereocenters. The van der Waals surface area contributed by atoms with Gasteiger partial charge in [0.15, 0.2) is 5.82 Å². The van der Waals surface area contributed by atoms with E-state index in [1.54, 1.807) is 19.3 Å². The van der Waals surface area contributed by atoms with Crippen LogP contribution < -0.4 is 14.8 Å². The number of rotatable bonds is 4. The first-order valence-electron chi connectivity index (χ1n) is 7.92. The SMILES string of the molecule is COc1ccc(/C=C/c2nc3s/c(=C/c4ccc(C)o4)c(=O)n3n2)cc1. The Morgan fingerprint density at radius 2 is 1.96 bits per heavy atom. The van der Waals surface area contributed by atoms with Gasteiger partial charge in [-0.05, 0) is 42.8 Å². The van der Waals surface area contributed by atoms with Crippen molar-refractivity contribution in [2.45, 2.75) is 6.92 Å². The average Bonchev–Trinajstić information content (AvgIpc) is 3.31. The van der Waals surface area contributed by atoms with Crippen LogP contribution in [0.15, 0.2) is 45.6 Å². The molecule has 6 nitrogen and oxygen atoms in total. The van der Waals surface area contributed by atoms with E-state index in [-0.39, 0.29) is 5.56 Å². The number of ether oxygens (including phenoxy) is 1. The second kappa shape index (κ2) is 6.61. The molecule has 0 unspecified atom stereocenters. The number of benzene rings is 1. The van der Waals surface area contributed by atoms with Gasteiger partial charge in [-0.1, -0.05) is 29.5 Å². The molecule has 1 aromatic carbocycles. The smallest absolute Gasteiger partial charge is 0.291 e. The van der Waals surface area contributed by atoms with Crippen molar-refractivity contribution in [1.82, 2.24) is 14.6 Å². The van der Waals surface area contributed by atoms with Crippen molar-refractivity contribution in [1.29, 1.82) is 0 Å². The van der Waals surface area contributed by atoms with E-state index in [2.05, 4.69) is 10.1 Å². The Hall–Kier alpha value is -3.19. The van der Waals surface area contributed by atoms with Crippen LogP contribution in [0.2, 0.25) is 0 Å². The molecule has 4 aromatic rings. The largest absolute Gasteiger partial charge is 0.497 e. The molecule has 3 aromatic heterocycles. The van der Waals surface area contributed by atoms with Gasteiger partial charge in [0.2, 0.25) is 4.96 Å². The molecule has 3 heterocycles. The summed E-state index contributed by atoms with van der Waals surface area (Å²) < 4.78 is 12.5. The molecule has 0 saturated heterocycles. The minimum Gasteiger partial charge on any atom is -0.497 e. The fourth-order valence-corrected chi connectivity index (χ4v) is 3.36. The Morgan fingerprint density at radius 1 is 1.15 bits per heavy atom. The van der Waals surface area contributed by atoms with Crippen LogP contribution >= 0.6 is 11.3 Å². The molecule has 0 aliphatic carbocycles. The molecule has 0 aliphatic rings. The third kappa shape index (κ3) is 3.16. The lowest BCUT2D eigenvalue weighted by molar-refractivity contribution is 0.415. The van der Waals surface area contributed by atoms with E-state index in [9.17, 15) is 4.79 Å². The minimum atomic E-state index is -0.198. The molecule has 130 valence electrons. The third-order valence-corrected chi connectivity index (χ3v) is 4.73. The van der Waals surface area contributed by atoms with Gasteiger partial charge in [-0.25, -0.2) is 0 Å². The Balaban J connectivity index is 1.63. The third-order valence-electron chi connectivity index (χ3n) is 3.77. The summed E-state index contributed by atoms with van der Waals surface area (Å²) in [7, 11) is 1.63. The number of aromatic nitrogens is 3. The monoisotopic (exact) mass is 365 g/mol. The van der Waals surface area contributed by atoms with Crippen LogP contribution in [0.1, 0.15) is 22.9 Å². The highest BCUT2D eigenvalue weighted by molar-refractivity contribution is 7.15. The highest BCUT2D eigenvalue weighted by Gasteiger charge is 2.09. The standard InChI is InChI=1S/C19H15N3O3S/c1-12-3-7-15(25-12)11-16-18(23)22-19(26-16)20-17(21-22)10-6-13-4-8-14(24-2)9-5-13/h3-11H,1-2H3/b10-6+,16-11+. The van der Waals surface area contributed by atoms with Crippen LogP contribution in [0.25, 0.3) is 23.2 Å². The van der Waals surface area contributed by atoms with E-state index < -0.39 is 0 Å². The zero-order chi connectivity index (χ0) is 18.1. The lowest BCUT2D eigenvalue weighted by atomic mass is 10.2. The number of aryl methyl sites for hydroxylation is 1. The molecule has 0 spiro atoms. The topological polar surface area (TPSA) is 69.6 Å². The minimum absolute atomic E-state index is 0.198. The maximum atomic E-state index is 12.5. The van der Waals surface area contributed by atoms with Gasteiger partial charge in [-0.2, -0.15) is 9.50 Å². The quantitative estimate of drug-likeness (QED) is 0.556. The van der Waals surface area contributed by atoms with E-state index >= 15 is 0 Å². The normalized spacial score (nSPS) is 12.5. The molecule has 0 aliphatic heterocycles. The Labute approximate surface area is 152 Å². The first-order valence-corrected chi connectivity index (χ1v) is 8.74. The number of thiazole rings is 1. The summed E-state index contributed by atoms with van der Waals surface area (Å²) in [5.74, 6) is 2.73. The molecule has 0 amide bonds. The summed E-state index contributed by atoms with van der Waals surface area (Å²) in [6, 6.07) is 11.3. The molecular weight excluding hydrogens is 350 g/mol. The molecule has 0 fully saturated rings. The summed E-state index contributed by atoms with van der Waals surface area (Å²) >= 11 is 1.29. The van der Waals surface area contributed by atoms with Crippen LogP contribution in [0.3, 0.4) is 0 Å². The van der Waals surface area contributed by atoms with Gasteiger partial charge in [-0.3, -0.25) is 4.79 Å². The van der Waals surface area contributed by atoms with Crippen molar-refractivity contribution in [2.75, 3.05) is 7.11 Å². The molecule has 0 radical (unpaired) electrons. The Bertz CT molecular complexity index is 1200. The van der Waals surface area contributed by atoms with E-state index in [1.807, 2.05) is 49.4 Å².